The van der Waals surface area contributed by atoms with E-state index < -0.39 is 5.91 Å². The molecule has 2 heterocycles. The molecule has 24 heavy (non-hydrogen) atoms. The summed E-state index contributed by atoms with van der Waals surface area (Å²) in [6.07, 6.45) is 4.87. The van der Waals surface area contributed by atoms with E-state index in [0.717, 1.165) is 11.1 Å². The fourth-order valence-corrected chi connectivity index (χ4v) is 2.54. The number of ether oxygens (including phenoxy) is 1. The first kappa shape index (κ1) is 15.7. The van der Waals surface area contributed by atoms with Crippen LogP contribution in [0.5, 0.6) is 5.75 Å². The Morgan fingerprint density at radius 3 is 2.71 bits per heavy atom. The minimum atomic E-state index is -0.405. The molecule has 0 unspecified atom stereocenters. The molecule has 1 aromatic carbocycles. The van der Waals surface area contributed by atoms with E-state index in [0.29, 0.717) is 17.7 Å². The Morgan fingerprint density at radius 1 is 1.25 bits per heavy atom. The van der Waals surface area contributed by atoms with E-state index in [1.54, 1.807) is 48.4 Å². The van der Waals surface area contributed by atoms with Crippen molar-refractivity contribution in [3.63, 3.8) is 0 Å². The highest BCUT2D eigenvalue weighted by atomic mass is 16.5. The van der Waals surface area contributed by atoms with Crippen LogP contribution in [0.2, 0.25) is 0 Å². The molecular formula is C18H17N3O3. The monoisotopic (exact) mass is 323 g/mol. The first-order chi connectivity index (χ1) is 11.6. The first-order valence-electron chi connectivity index (χ1n) is 7.44. The van der Waals surface area contributed by atoms with Gasteiger partial charge >= 0.3 is 0 Å². The molecule has 0 aliphatic heterocycles. The Hall–Kier alpha value is -3.15. The number of methoxy groups -OCH3 is 1. The zero-order valence-corrected chi connectivity index (χ0v) is 13.4. The van der Waals surface area contributed by atoms with Crippen LogP contribution >= 0.6 is 0 Å². The number of nitrogens with one attached hydrogen (secondary N) is 1. The van der Waals surface area contributed by atoms with E-state index >= 15 is 0 Å². The highest BCUT2D eigenvalue weighted by Crippen LogP contribution is 2.18. The van der Waals surface area contributed by atoms with Crippen LogP contribution in [-0.2, 0) is 13.6 Å². The van der Waals surface area contributed by atoms with Gasteiger partial charge in [-0.05, 0) is 35.9 Å². The van der Waals surface area contributed by atoms with Crippen LogP contribution in [0.4, 0.5) is 0 Å². The van der Waals surface area contributed by atoms with Gasteiger partial charge in [-0.3, -0.25) is 14.6 Å². The summed E-state index contributed by atoms with van der Waals surface area (Å²) in [5, 5.41) is 3.22. The quantitative estimate of drug-likeness (QED) is 0.795. The van der Waals surface area contributed by atoms with E-state index in [2.05, 4.69) is 10.3 Å². The van der Waals surface area contributed by atoms with Crippen molar-refractivity contribution in [3.05, 3.63) is 70.3 Å². The summed E-state index contributed by atoms with van der Waals surface area (Å²) in [4.78, 5) is 29.0. The molecule has 2 aromatic heterocycles. The molecular weight excluding hydrogens is 306 g/mol. The largest absolute Gasteiger partial charge is 0.497 e. The molecule has 0 saturated carbocycles. The summed E-state index contributed by atoms with van der Waals surface area (Å²) in [5.41, 5.74) is 1.45. The summed E-state index contributed by atoms with van der Waals surface area (Å²) in [5.74, 6) is 0.172. The van der Waals surface area contributed by atoms with Crippen molar-refractivity contribution in [2.45, 2.75) is 6.54 Å². The van der Waals surface area contributed by atoms with E-state index in [-0.39, 0.29) is 11.0 Å². The molecule has 1 N–H and O–H groups in total. The Balaban J connectivity index is 1.95. The fraction of sp³-hybridized carbons (Fsp3) is 0.167. The topological polar surface area (TPSA) is 73.2 Å². The summed E-state index contributed by atoms with van der Waals surface area (Å²) in [6.45, 7) is 0.334. The molecule has 122 valence electrons. The number of fused-ring (bicyclic) bond motifs is 1. The van der Waals surface area contributed by atoms with Crippen LogP contribution in [0.1, 0.15) is 15.9 Å². The van der Waals surface area contributed by atoms with Crippen LogP contribution in [0.15, 0.2) is 53.7 Å². The third kappa shape index (κ3) is 2.99. The van der Waals surface area contributed by atoms with E-state index in [9.17, 15) is 9.59 Å². The van der Waals surface area contributed by atoms with E-state index in [4.69, 9.17) is 4.74 Å². The van der Waals surface area contributed by atoms with Gasteiger partial charge in [0.15, 0.2) is 0 Å². The second kappa shape index (κ2) is 6.54. The molecule has 0 radical (unpaired) electrons. The number of hydrogen-bond donors (Lipinski definition) is 1. The molecule has 0 fully saturated rings. The lowest BCUT2D eigenvalue weighted by atomic mass is 10.1. The maximum Gasteiger partial charge on any atom is 0.257 e. The lowest BCUT2D eigenvalue weighted by molar-refractivity contribution is 0.0949. The summed E-state index contributed by atoms with van der Waals surface area (Å²) in [7, 11) is 3.34. The molecule has 0 bridgehead atoms. The molecule has 6 heteroatoms. The number of aromatic nitrogens is 2. The van der Waals surface area contributed by atoms with E-state index in [1.807, 2.05) is 12.1 Å². The predicted octanol–water partition coefficient (Wildman–Crippen LogP) is 1.87. The molecule has 0 saturated heterocycles. The molecule has 1 amide bonds. The van der Waals surface area contributed by atoms with Crippen LogP contribution in [-0.4, -0.2) is 22.6 Å². The van der Waals surface area contributed by atoms with Crippen LogP contribution in [0.25, 0.3) is 10.9 Å². The van der Waals surface area contributed by atoms with Gasteiger partial charge in [-0.1, -0.05) is 0 Å². The second-order valence-corrected chi connectivity index (χ2v) is 5.40. The summed E-state index contributed by atoms with van der Waals surface area (Å²) < 4.78 is 6.93. The summed E-state index contributed by atoms with van der Waals surface area (Å²) in [6, 6.07) is 8.85. The minimum absolute atomic E-state index is 0.104. The van der Waals surface area contributed by atoms with Gasteiger partial charge < -0.3 is 14.6 Å². The van der Waals surface area contributed by atoms with Gasteiger partial charge in [0, 0.05) is 32.2 Å². The number of amides is 1. The normalized spacial score (nSPS) is 10.6. The predicted molar refractivity (Wildman–Crippen MR) is 91.1 cm³/mol. The molecule has 6 nitrogen and oxygen atoms in total. The van der Waals surface area contributed by atoms with Crippen molar-refractivity contribution in [1.82, 2.24) is 14.9 Å². The second-order valence-electron chi connectivity index (χ2n) is 5.40. The van der Waals surface area contributed by atoms with Gasteiger partial charge in [-0.25, -0.2) is 0 Å². The molecule has 0 aliphatic carbocycles. The van der Waals surface area contributed by atoms with Gasteiger partial charge in [0.1, 0.15) is 11.3 Å². The van der Waals surface area contributed by atoms with Gasteiger partial charge in [-0.15, -0.1) is 0 Å². The highest BCUT2D eigenvalue weighted by molar-refractivity contribution is 5.97. The van der Waals surface area contributed by atoms with Crippen LogP contribution in [0, 0.1) is 0 Å². The number of carbonyl (C=O) groups excluding carboxylic acids is 1. The fourth-order valence-electron chi connectivity index (χ4n) is 2.54. The maximum atomic E-state index is 12.7. The van der Waals surface area contributed by atoms with Gasteiger partial charge in [0.05, 0.1) is 18.0 Å². The number of nitrogens with zero attached hydrogens (tertiary/aromatic N) is 2. The van der Waals surface area contributed by atoms with Crippen molar-refractivity contribution >= 4 is 16.8 Å². The van der Waals surface area contributed by atoms with E-state index in [1.165, 1.54) is 7.11 Å². The number of benzene rings is 1. The van der Waals surface area contributed by atoms with Crippen LogP contribution in [0.3, 0.4) is 0 Å². The number of rotatable bonds is 4. The standard InChI is InChI=1S/C18H17N3O3/c1-21-11-15(18(23)20-10-12-5-7-19-8-6-12)17(22)14-9-13(24-2)3-4-16(14)21/h3-9,11H,10H2,1-2H3,(H,20,23). The lowest BCUT2D eigenvalue weighted by Gasteiger charge is -2.10. The minimum Gasteiger partial charge on any atom is -0.497 e. The average Bonchev–Trinajstić information content (AvgIpc) is 2.63. The maximum absolute atomic E-state index is 12.7. The Labute approximate surface area is 138 Å². The third-order valence-corrected chi connectivity index (χ3v) is 3.84. The zero-order chi connectivity index (χ0) is 17.1. The first-order valence-corrected chi connectivity index (χ1v) is 7.44. The highest BCUT2D eigenvalue weighted by Gasteiger charge is 2.15. The zero-order valence-electron chi connectivity index (χ0n) is 13.4. The third-order valence-electron chi connectivity index (χ3n) is 3.84. The Morgan fingerprint density at radius 2 is 2.00 bits per heavy atom. The molecule has 0 atom stereocenters. The van der Waals surface area contributed by atoms with Crippen molar-refractivity contribution in [3.8, 4) is 5.75 Å². The molecule has 0 aliphatic rings. The van der Waals surface area contributed by atoms with Crippen molar-refractivity contribution in [2.24, 2.45) is 7.05 Å². The summed E-state index contributed by atoms with van der Waals surface area (Å²) >= 11 is 0. The van der Waals surface area contributed by atoms with Crippen LogP contribution < -0.4 is 15.5 Å². The average molecular weight is 323 g/mol. The smallest absolute Gasteiger partial charge is 0.257 e. The van der Waals surface area contributed by atoms with Gasteiger partial charge in [-0.2, -0.15) is 0 Å². The molecule has 3 aromatic rings. The Kier molecular flexibility index (Phi) is 4.29. The lowest BCUT2D eigenvalue weighted by Crippen LogP contribution is -2.29. The number of carbonyl (C=O) groups is 1. The van der Waals surface area contributed by atoms with Gasteiger partial charge in [0.25, 0.3) is 5.91 Å². The van der Waals surface area contributed by atoms with Crippen molar-refractivity contribution in [1.29, 1.82) is 0 Å². The van der Waals surface area contributed by atoms with Crippen molar-refractivity contribution < 1.29 is 9.53 Å². The molecule has 3 rings (SSSR count). The number of hydrogen-bond acceptors (Lipinski definition) is 4. The Bertz CT molecular complexity index is 949. The number of aryl methyl sites for hydroxylation is 1. The van der Waals surface area contributed by atoms with Crippen molar-refractivity contribution in [2.75, 3.05) is 7.11 Å². The molecule has 0 spiro atoms. The van der Waals surface area contributed by atoms with Gasteiger partial charge in [0.2, 0.25) is 5.43 Å². The number of pyridine rings is 2. The SMILES string of the molecule is COc1ccc2c(c1)c(=O)c(C(=O)NCc1ccncc1)cn2C.